The summed E-state index contributed by atoms with van der Waals surface area (Å²) in [6.07, 6.45) is 4.07. The molecule has 4 heterocycles. The van der Waals surface area contributed by atoms with Crippen LogP contribution in [0.2, 0.25) is 0 Å². The fourth-order valence-electron chi connectivity index (χ4n) is 5.79. The van der Waals surface area contributed by atoms with Crippen molar-refractivity contribution < 1.29 is 13.9 Å². The highest BCUT2D eigenvalue weighted by atomic mass is 19.1. The van der Waals surface area contributed by atoms with E-state index in [0.717, 1.165) is 36.3 Å². The number of nitrogens with zero attached hydrogens (tertiary/aromatic N) is 6. The lowest BCUT2D eigenvalue weighted by molar-refractivity contribution is -0.126. The van der Waals surface area contributed by atoms with E-state index in [4.69, 9.17) is 15.5 Å². The number of fused-ring (bicyclic) bond motifs is 1. The molecule has 2 saturated heterocycles. The minimum atomic E-state index is -0.369. The number of halogens is 1. The zero-order chi connectivity index (χ0) is 26.8. The topological polar surface area (TPSA) is 102 Å². The van der Waals surface area contributed by atoms with Crippen LogP contribution in [-0.2, 0) is 17.8 Å². The molecule has 1 atom stereocenters. The Kier molecular flexibility index (Phi) is 7.38. The first-order chi connectivity index (χ1) is 18.4. The lowest BCUT2D eigenvalue weighted by Gasteiger charge is -2.39. The molecule has 0 aliphatic carbocycles. The Bertz CT molecular complexity index is 1250. The summed E-state index contributed by atoms with van der Waals surface area (Å²) in [7, 11) is 2.08. The molecule has 5 rings (SSSR count). The van der Waals surface area contributed by atoms with Gasteiger partial charge in [-0.05, 0) is 51.1 Å². The number of likely N-dealkylation sites (N-methyl/N-ethyl adjacent to an activating group) is 1. The first-order valence-electron chi connectivity index (χ1n) is 13.1. The van der Waals surface area contributed by atoms with Crippen molar-refractivity contribution in [2.45, 2.75) is 31.8 Å². The van der Waals surface area contributed by atoms with E-state index in [1.807, 2.05) is 4.90 Å². The van der Waals surface area contributed by atoms with E-state index < -0.39 is 0 Å². The van der Waals surface area contributed by atoms with E-state index in [9.17, 15) is 14.4 Å². The number of hydrogen-bond acceptors (Lipinski definition) is 8. The van der Waals surface area contributed by atoms with Gasteiger partial charge in [0.15, 0.2) is 0 Å². The quantitative estimate of drug-likeness (QED) is 0.459. The third-order valence-electron chi connectivity index (χ3n) is 7.91. The smallest absolute Gasteiger partial charge is 0.246 e. The van der Waals surface area contributed by atoms with Gasteiger partial charge in [-0.25, -0.2) is 9.37 Å². The van der Waals surface area contributed by atoms with Crippen molar-refractivity contribution in [2.75, 3.05) is 68.5 Å². The van der Waals surface area contributed by atoms with Crippen LogP contribution in [0.1, 0.15) is 29.7 Å². The Labute approximate surface area is 222 Å². The predicted octanol–water partition coefficient (Wildman–Crippen LogP) is 2.54. The third kappa shape index (κ3) is 4.86. The molecule has 3 aliphatic rings. The fraction of sp³-hybridized carbons (Fsp3) is 0.464. The van der Waals surface area contributed by atoms with Crippen molar-refractivity contribution in [1.82, 2.24) is 14.8 Å². The average molecular weight is 520 g/mol. The average Bonchev–Trinajstić information content (AvgIpc) is 3.34. The van der Waals surface area contributed by atoms with Gasteiger partial charge in [0.1, 0.15) is 24.1 Å². The van der Waals surface area contributed by atoms with E-state index in [-0.39, 0.29) is 17.8 Å². The molecule has 10 heteroatoms. The first-order valence-corrected chi connectivity index (χ1v) is 13.1. The largest absolute Gasteiger partial charge is 0.475 e. The predicted molar refractivity (Wildman–Crippen MR) is 145 cm³/mol. The van der Waals surface area contributed by atoms with E-state index in [1.165, 1.54) is 12.1 Å². The van der Waals surface area contributed by atoms with Gasteiger partial charge in [0, 0.05) is 44.3 Å². The van der Waals surface area contributed by atoms with Crippen LogP contribution in [0.15, 0.2) is 30.9 Å². The van der Waals surface area contributed by atoms with Crippen LogP contribution in [-0.4, -0.2) is 79.7 Å². The number of carbonyl (C=O) groups excluding carboxylic acids is 1. The van der Waals surface area contributed by atoms with Gasteiger partial charge < -0.3 is 30.1 Å². The first kappa shape index (κ1) is 25.8. The van der Waals surface area contributed by atoms with Crippen LogP contribution in [0.3, 0.4) is 0 Å². The van der Waals surface area contributed by atoms with Gasteiger partial charge in [-0.2, -0.15) is 5.26 Å². The van der Waals surface area contributed by atoms with Crippen LogP contribution in [0.25, 0.3) is 0 Å². The van der Waals surface area contributed by atoms with E-state index in [2.05, 4.69) is 29.5 Å². The molecular weight excluding hydrogens is 485 g/mol. The molecule has 200 valence electrons. The molecule has 1 aromatic carbocycles. The minimum absolute atomic E-state index is 0.0928. The number of amides is 1. The molecule has 2 fully saturated rings. The molecule has 2 N–H and O–H groups in total. The number of nitrogen functional groups attached to an aromatic ring is 1. The number of rotatable bonds is 6. The molecule has 0 spiro atoms. The molecule has 1 amide bonds. The van der Waals surface area contributed by atoms with Crippen molar-refractivity contribution in [3.8, 4) is 11.9 Å². The van der Waals surface area contributed by atoms with Crippen molar-refractivity contribution in [1.29, 1.82) is 5.26 Å². The number of anilines is 3. The van der Waals surface area contributed by atoms with Gasteiger partial charge in [-0.1, -0.05) is 12.6 Å². The molecule has 38 heavy (non-hydrogen) atoms. The van der Waals surface area contributed by atoms with E-state index >= 15 is 0 Å². The number of nitriles is 1. The van der Waals surface area contributed by atoms with Crippen LogP contribution < -0.4 is 20.3 Å². The third-order valence-corrected chi connectivity index (χ3v) is 7.91. The second-order valence-corrected chi connectivity index (χ2v) is 10.1. The number of para-hydroxylation sites is 1. The summed E-state index contributed by atoms with van der Waals surface area (Å²) in [4.78, 5) is 25.1. The number of ether oxygens (including phenoxy) is 1. The lowest BCUT2D eigenvalue weighted by atomic mass is 9.97. The van der Waals surface area contributed by atoms with Crippen molar-refractivity contribution in [3.05, 3.63) is 53.5 Å². The van der Waals surface area contributed by atoms with Gasteiger partial charge in [-0.15, -0.1) is 0 Å². The molecule has 1 aromatic heterocycles. The van der Waals surface area contributed by atoms with Gasteiger partial charge in [-0.3, -0.25) is 4.79 Å². The van der Waals surface area contributed by atoms with Crippen molar-refractivity contribution in [3.63, 3.8) is 0 Å². The Morgan fingerprint density at radius 2 is 2.03 bits per heavy atom. The molecule has 0 unspecified atom stereocenters. The van der Waals surface area contributed by atoms with Crippen molar-refractivity contribution >= 4 is 23.0 Å². The van der Waals surface area contributed by atoms with Gasteiger partial charge >= 0.3 is 0 Å². The summed E-state index contributed by atoms with van der Waals surface area (Å²) >= 11 is 0. The van der Waals surface area contributed by atoms with Crippen LogP contribution >= 0.6 is 0 Å². The van der Waals surface area contributed by atoms with Gasteiger partial charge in [0.05, 0.1) is 29.3 Å². The number of aromatic nitrogens is 1. The Hall–Kier alpha value is -3.84. The van der Waals surface area contributed by atoms with Crippen LogP contribution in [0.4, 0.5) is 21.5 Å². The van der Waals surface area contributed by atoms with Crippen LogP contribution in [0.5, 0.6) is 5.88 Å². The number of hydrogen-bond donors (Lipinski definition) is 1. The summed E-state index contributed by atoms with van der Waals surface area (Å²) in [6.45, 7) is 8.20. The molecule has 0 radical (unpaired) electrons. The van der Waals surface area contributed by atoms with E-state index in [0.29, 0.717) is 75.1 Å². The van der Waals surface area contributed by atoms with Crippen molar-refractivity contribution in [2.24, 2.45) is 0 Å². The highest BCUT2D eigenvalue weighted by Crippen LogP contribution is 2.39. The summed E-state index contributed by atoms with van der Waals surface area (Å²) < 4.78 is 21.0. The number of pyridine rings is 1. The number of nitrogens with two attached hydrogens (primary N) is 1. The normalized spacial score (nSPS) is 19.7. The number of likely N-dealkylation sites (tertiary alicyclic amines) is 1. The Balaban J connectivity index is 1.51. The number of piperazine rings is 1. The van der Waals surface area contributed by atoms with Gasteiger partial charge in [0.2, 0.25) is 11.8 Å². The highest BCUT2D eigenvalue weighted by Gasteiger charge is 2.32. The maximum Gasteiger partial charge on any atom is 0.246 e. The second-order valence-electron chi connectivity index (χ2n) is 10.1. The monoisotopic (exact) mass is 519 g/mol. The number of benzene rings is 1. The summed E-state index contributed by atoms with van der Waals surface area (Å²) in [5, 5.41) is 10.3. The number of carbonyl (C=O) groups is 1. The molecule has 0 saturated carbocycles. The lowest BCUT2D eigenvalue weighted by Crippen LogP contribution is -2.49. The zero-order valence-electron chi connectivity index (χ0n) is 21.8. The highest BCUT2D eigenvalue weighted by molar-refractivity contribution is 5.87. The zero-order valence-corrected chi connectivity index (χ0v) is 21.8. The molecule has 0 bridgehead atoms. The van der Waals surface area contributed by atoms with E-state index in [1.54, 1.807) is 17.0 Å². The maximum absolute atomic E-state index is 14.8. The second kappa shape index (κ2) is 10.9. The SMILES string of the molecule is C=CC(=O)N1CCN(c2c(C#N)c(OC[C@@H]3CCCN3C)nc3c2CCN(c2c(N)cccc2F)C3)CC1. The molecule has 2 aromatic rings. The molecular formula is C28H34FN7O2. The minimum Gasteiger partial charge on any atom is -0.475 e. The maximum atomic E-state index is 14.8. The summed E-state index contributed by atoms with van der Waals surface area (Å²) in [5.74, 6) is -0.148. The summed E-state index contributed by atoms with van der Waals surface area (Å²) in [5.41, 5.74) is 9.88. The molecule has 3 aliphatic heterocycles. The fourth-order valence-corrected chi connectivity index (χ4v) is 5.79. The molecule has 9 nitrogen and oxygen atoms in total. The van der Waals surface area contributed by atoms with Crippen LogP contribution in [0, 0.1) is 17.1 Å². The summed E-state index contributed by atoms with van der Waals surface area (Å²) in [6, 6.07) is 7.35. The Morgan fingerprint density at radius 3 is 2.68 bits per heavy atom. The standard InChI is InChI=1S/C28H34FN7O2/c1-3-25(37)34-12-14-35(15-13-34)26-20-9-11-36(27-22(29)7-4-8-23(27)31)17-24(20)32-28(21(26)16-30)38-18-19-6-5-10-33(19)2/h3-4,7-8,19H,1,5-6,9-15,17-18,31H2,2H3/t19-/m0/s1. The van der Waals surface area contributed by atoms with Gasteiger partial charge in [0.25, 0.3) is 0 Å². The Morgan fingerprint density at radius 1 is 1.24 bits per heavy atom.